The number of halogens is 1. The van der Waals surface area contributed by atoms with Crippen LogP contribution in [0.2, 0.25) is 0 Å². The molecule has 0 aliphatic carbocycles. The van der Waals surface area contributed by atoms with Gasteiger partial charge in [0.2, 0.25) is 0 Å². The van der Waals surface area contributed by atoms with Crippen LogP contribution in [0.25, 0.3) is 0 Å². The normalized spacial score (nSPS) is 10.4. The van der Waals surface area contributed by atoms with Crippen molar-refractivity contribution in [2.75, 3.05) is 18.4 Å². The third-order valence-corrected chi connectivity index (χ3v) is 2.90. The van der Waals surface area contributed by atoms with E-state index in [9.17, 15) is 4.79 Å². The summed E-state index contributed by atoms with van der Waals surface area (Å²) in [5.74, 6) is 0.152. The van der Waals surface area contributed by atoms with Gasteiger partial charge in [-0.15, -0.1) is 13.2 Å². The summed E-state index contributed by atoms with van der Waals surface area (Å²) in [5.41, 5.74) is -0.0107. The Hall–Kier alpha value is -2.39. The van der Waals surface area contributed by atoms with Crippen molar-refractivity contribution in [1.82, 2.24) is 9.88 Å². The molecule has 5 nitrogen and oxygen atoms in total. The number of amides is 1. The van der Waals surface area contributed by atoms with Gasteiger partial charge >= 0.3 is 0 Å². The zero-order chi connectivity index (χ0) is 15.7. The monoisotopic (exact) mass is 346 g/mol. The second kappa shape index (κ2) is 8.72. The maximum absolute atomic E-state index is 12.2. The van der Waals surface area contributed by atoms with Crippen molar-refractivity contribution in [3.63, 3.8) is 0 Å². The second-order valence-electron chi connectivity index (χ2n) is 3.96. The number of nitriles is 1. The summed E-state index contributed by atoms with van der Waals surface area (Å²) in [6, 6.07) is 5.41. The molecule has 0 bridgehead atoms. The average molecular weight is 347 g/mol. The van der Waals surface area contributed by atoms with Gasteiger partial charge in [0.05, 0.1) is 0 Å². The van der Waals surface area contributed by atoms with Crippen LogP contribution in [-0.4, -0.2) is 28.9 Å². The molecule has 0 radical (unpaired) electrons. The SMILES string of the molecule is C=CCN(CC=C)C(=O)/C(C#N)=C\Nc1ccc(Br)cn1. The van der Waals surface area contributed by atoms with E-state index in [-0.39, 0.29) is 11.5 Å². The van der Waals surface area contributed by atoms with Crippen molar-refractivity contribution in [2.24, 2.45) is 0 Å². The minimum Gasteiger partial charge on any atom is -0.345 e. The molecule has 0 aliphatic heterocycles. The number of rotatable bonds is 7. The summed E-state index contributed by atoms with van der Waals surface area (Å²) < 4.78 is 0.844. The fraction of sp³-hybridized carbons (Fsp3) is 0.133. The predicted molar refractivity (Wildman–Crippen MR) is 86.2 cm³/mol. The Morgan fingerprint density at radius 2 is 2.10 bits per heavy atom. The molecule has 1 heterocycles. The molecule has 21 heavy (non-hydrogen) atoms. The van der Waals surface area contributed by atoms with E-state index in [1.165, 1.54) is 11.1 Å². The second-order valence-corrected chi connectivity index (χ2v) is 4.88. The molecule has 1 aromatic rings. The lowest BCUT2D eigenvalue weighted by Gasteiger charge is -2.18. The summed E-state index contributed by atoms with van der Waals surface area (Å²) in [5, 5.41) is 11.9. The Balaban J connectivity index is 2.84. The van der Waals surface area contributed by atoms with E-state index in [0.717, 1.165) is 4.47 Å². The third kappa shape index (κ3) is 5.24. The Kier molecular flexibility index (Phi) is 6.92. The first kappa shape index (κ1) is 16.7. The standard InChI is InChI=1S/C15H15BrN4O/c1-3-7-20(8-4-2)15(21)12(9-17)10-18-14-6-5-13(16)11-19-14/h3-6,10-11H,1-2,7-8H2,(H,18,19)/b12-10-. The number of carbonyl (C=O) groups is 1. The zero-order valence-corrected chi connectivity index (χ0v) is 13.0. The predicted octanol–water partition coefficient (Wildman–Crippen LogP) is 2.86. The van der Waals surface area contributed by atoms with E-state index in [1.54, 1.807) is 30.5 Å². The number of anilines is 1. The topological polar surface area (TPSA) is 69.0 Å². The van der Waals surface area contributed by atoms with Gasteiger partial charge in [0.15, 0.2) is 0 Å². The molecular formula is C15H15BrN4O. The largest absolute Gasteiger partial charge is 0.345 e. The van der Waals surface area contributed by atoms with Gasteiger partial charge < -0.3 is 10.2 Å². The maximum atomic E-state index is 12.2. The number of nitrogens with zero attached hydrogens (tertiary/aromatic N) is 3. The van der Waals surface area contributed by atoms with Crippen molar-refractivity contribution < 1.29 is 4.79 Å². The van der Waals surface area contributed by atoms with Gasteiger partial charge in [0.25, 0.3) is 5.91 Å². The average Bonchev–Trinajstić information content (AvgIpc) is 2.49. The molecule has 1 N–H and O–H groups in total. The summed E-state index contributed by atoms with van der Waals surface area (Å²) >= 11 is 3.28. The summed E-state index contributed by atoms with van der Waals surface area (Å²) in [4.78, 5) is 17.8. The van der Waals surface area contributed by atoms with Crippen molar-refractivity contribution in [3.8, 4) is 6.07 Å². The highest BCUT2D eigenvalue weighted by Crippen LogP contribution is 2.11. The number of hydrogen-bond donors (Lipinski definition) is 1. The smallest absolute Gasteiger partial charge is 0.266 e. The Labute approximate surface area is 132 Å². The quantitative estimate of drug-likeness (QED) is 0.468. The molecule has 0 aliphatic rings. The van der Waals surface area contributed by atoms with Gasteiger partial charge in [0.1, 0.15) is 17.5 Å². The van der Waals surface area contributed by atoms with Crippen molar-refractivity contribution in [3.05, 3.63) is 59.9 Å². The highest BCUT2D eigenvalue weighted by molar-refractivity contribution is 9.10. The Bertz CT molecular complexity index is 577. The first-order chi connectivity index (χ1) is 10.1. The van der Waals surface area contributed by atoms with E-state index >= 15 is 0 Å². The van der Waals surface area contributed by atoms with Crippen LogP contribution in [-0.2, 0) is 4.79 Å². The number of hydrogen-bond acceptors (Lipinski definition) is 4. The van der Waals surface area contributed by atoms with Gasteiger partial charge in [-0.1, -0.05) is 12.2 Å². The molecule has 0 fully saturated rings. The molecule has 1 rings (SSSR count). The summed E-state index contributed by atoms with van der Waals surface area (Å²) in [7, 11) is 0. The highest BCUT2D eigenvalue weighted by Gasteiger charge is 2.15. The Morgan fingerprint density at radius 3 is 2.57 bits per heavy atom. The zero-order valence-electron chi connectivity index (χ0n) is 11.4. The van der Waals surface area contributed by atoms with E-state index < -0.39 is 0 Å². The van der Waals surface area contributed by atoms with Gasteiger partial charge in [-0.3, -0.25) is 4.79 Å². The van der Waals surface area contributed by atoms with E-state index in [4.69, 9.17) is 5.26 Å². The lowest BCUT2D eigenvalue weighted by molar-refractivity contribution is -0.125. The third-order valence-electron chi connectivity index (χ3n) is 2.43. The van der Waals surface area contributed by atoms with Crippen molar-refractivity contribution >= 4 is 27.7 Å². The number of pyridine rings is 1. The van der Waals surface area contributed by atoms with Gasteiger partial charge in [-0.25, -0.2) is 4.98 Å². The lowest BCUT2D eigenvalue weighted by Crippen LogP contribution is -2.32. The molecule has 0 aromatic carbocycles. The minimum atomic E-state index is -0.387. The lowest BCUT2D eigenvalue weighted by atomic mass is 10.2. The van der Waals surface area contributed by atoms with E-state index in [0.29, 0.717) is 18.9 Å². The van der Waals surface area contributed by atoms with Crippen molar-refractivity contribution in [2.45, 2.75) is 0 Å². The van der Waals surface area contributed by atoms with E-state index in [2.05, 4.69) is 39.4 Å². The van der Waals surface area contributed by atoms with Crippen LogP contribution in [0.4, 0.5) is 5.82 Å². The molecule has 0 unspecified atom stereocenters. The van der Waals surface area contributed by atoms with Crippen molar-refractivity contribution in [1.29, 1.82) is 5.26 Å². The molecule has 1 aromatic heterocycles. The number of carbonyl (C=O) groups excluding carboxylic acids is 1. The van der Waals surface area contributed by atoms with E-state index in [1.807, 2.05) is 6.07 Å². The fourth-order valence-electron chi connectivity index (χ4n) is 1.47. The molecule has 0 saturated heterocycles. The summed E-state index contributed by atoms with van der Waals surface area (Å²) in [6.45, 7) is 7.88. The van der Waals surface area contributed by atoms with Gasteiger partial charge in [-0.05, 0) is 28.1 Å². The molecule has 0 saturated carbocycles. The van der Waals surface area contributed by atoms with Gasteiger partial charge in [-0.2, -0.15) is 5.26 Å². The molecular weight excluding hydrogens is 332 g/mol. The molecule has 108 valence electrons. The molecule has 0 spiro atoms. The molecule has 0 atom stereocenters. The van der Waals surface area contributed by atoms with Crippen LogP contribution in [0.3, 0.4) is 0 Å². The minimum absolute atomic E-state index is 0.0107. The van der Waals surface area contributed by atoms with Crippen LogP contribution >= 0.6 is 15.9 Å². The van der Waals surface area contributed by atoms with Gasteiger partial charge in [0, 0.05) is 30.0 Å². The highest BCUT2D eigenvalue weighted by atomic mass is 79.9. The Morgan fingerprint density at radius 1 is 1.43 bits per heavy atom. The molecule has 6 heteroatoms. The fourth-order valence-corrected chi connectivity index (χ4v) is 1.71. The number of nitrogens with one attached hydrogen (secondary N) is 1. The number of aromatic nitrogens is 1. The van der Waals surface area contributed by atoms with Crippen LogP contribution in [0.15, 0.2) is 59.9 Å². The molecule has 1 amide bonds. The first-order valence-corrected chi connectivity index (χ1v) is 6.91. The van der Waals surface area contributed by atoms with Crippen LogP contribution in [0, 0.1) is 11.3 Å². The maximum Gasteiger partial charge on any atom is 0.266 e. The summed E-state index contributed by atoms with van der Waals surface area (Å²) in [6.07, 6.45) is 6.16. The van der Waals surface area contributed by atoms with Crippen LogP contribution in [0.1, 0.15) is 0 Å². The van der Waals surface area contributed by atoms with Crippen LogP contribution in [0.5, 0.6) is 0 Å². The first-order valence-electron chi connectivity index (χ1n) is 6.11. The van der Waals surface area contributed by atoms with Crippen LogP contribution < -0.4 is 5.32 Å².